The van der Waals surface area contributed by atoms with Gasteiger partial charge in [0.15, 0.2) is 0 Å². The molecule has 4 N–H and O–H groups in total. The topological polar surface area (TPSA) is 100 Å². The Morgan fingerprint density at radius 1 is 1.38 bits per heavy atom. The molecule has 1 aromatic rings. The zero-order chi connectivity index (χ0) is 19.3. The van der Waals surface area contributed by atoms with Gasteiger partial charge in [0.1, 0.15) is 17.6 Å². The van der Waals surface area contributed by atoms with Gasteiger partial charge in [-0.05, 0) is 37.1 Å². The van der Waals surface area contributed by atoms with E-state index >= 15 is 0 Å². The van der Waals surface area contributed by atoms with Gasteiger partial charge in [-0.2, -0.15) is 4.99 Å². The molecule has 1 atom stereocenters. The number of allylic oxidation sites excluding steroid dienone is 1. The van der Waals surface area contributed by atoms with E-state index in [1.165, 1.54) is 6.08 Å². The Labute approximate surface area is 154 Å². The van der Waals surface area contributed by atoms with Gasteiger partial charge >= 0.3 is 0 Å². The zero-order valence-electron chi connectivity index (χ0n) is 15.8. The number of nitrogens with one attached hydrogen (secondary N) is 1. The van der Waals surface area contributed by atoms with E-state index in [0.29, 0.717) is 13.0 Å². The summed E-state index contributed by atoms with van der Waals surface area (Å²) < 4.78 is 0. The molecule has 7 heteroatoms. The quantitative estimate of drug-likeness (QED) is 0.434. The van der Waals surface area contributed by atoms with Crippen LogP contribution >= 0.6 is 0 Å². The van der Waals surface area contributed by atoms with Gasteiger partial charge in [0.2, 0.25) is 0 Å². The summed E-state index contributed by atoms with van der Waals surface area (Å²) >= 11 is 0. The van der Waals surface area contributed by atoms with Crippen molar-refractivity contribution in [2.75, 3.05) is 24.0 Å². The average molecular weight is 360 g/mol. The van der Waals surface area contributed by atoms with Gasteiger partial charge in [-0.1, -0.05) is 20.8 Å². The SMILES string of the molecule is CNc1ccc(N2OCCC[C@H]2C(=O)N=C(N)/C=C(\O)C(C)(C)C)cc1. The molecule has 26 heavy (non-hydrogen) atoms. The van der Waals surface area contributed by atoms with Crippen LogP contribution in [-0.2, 0) is 9.63 Å². The Morgan fingerprint density at radius 2 is 2.04 bits per heavy atom. The molecular weight excluding hydrogens is 332 g/mol. The number of benzene rings is 1. The first-order chi connectivity index (χ1) is 12.2. The van der Waals surface area contributed by atoms with E-state index in [1.807, 2.05) is 52.1 Å². The first-order valence-corrected chi connectivity index (χ1v) is 8.71. The number of hydroxylamine groups is 1. The fourth-order valence-corrected chi connectivity index (χ4v) is 2.49. The van der Waals surface area contributed by atoms with E-state index in [9.17, 15) is 9.90 Å². The number of aliphatic hydroxyl groups is 1. The van der Waals surface area contributed by atoms with Crippen LogP contribution < -0.4 is 16.1 Å². The molecular formula is C19H28N4O3. The zero-order valence-corrected chi connectivity index (χ0v) is 15.8. The maximum atomic E-state index is 12.6. The number of amidine groups is 1. The van der Waals surface area contributed by atoms with Crippen molar-refractivity contribution in [1.82, 2.24) is 0 Å². The lowest BCUT2D eigenvalue weighted by Crippen LogP contribution is -2.44. The number of anilines is 2. The molecule has 142 valence electrons. The molecule has 0 spiro atoms. The molecule has 0 radical (unpaired) electrons. The molecule has 1 aliphatic heterocycles. The second-order valence-electron chi connectivity index (χ2n) is 7.27. The third kappa shape index (κ3) is 4.98. The number of amides is 1. The molecule has 0 aromatic heterocycles. The highest BCUT2D eigenvalue weighted by Crippen LogP contribution is 2.26. The summed E-state index contributed by atoms with van der Waals surface area (Å²) in [5, 5.41) is 14.7. The summed E-state index contributed by atoms with van der Waals surface area (Å²) in [6.07, 6.45) is 2.71. The molecule has 1 amide bonds. The molecule has 0 saturated carbocycles. The molecule has 1 heterocycles. The Bertz CT molecular complexity index is 690. The monoisotopic (exact) mass is 360 g/mol. The van der Waals surface area contributed by atoms with E-state index in [0.717, 1.165) is 17.8 Å². The highest BCUT2D eigenvalue weighted by Gasteiger charge is 2.30. The molecule has 1 aromatic carbocycles. The number of carbonyl (C=O) groups is 1. The van der Waals surface area contributed by atoms with Crippen LogP contribution in [0.25, 0.3) is 0 Å². The van der Waals surface area contributed by atoms with Gasteiger partial charge in [0.05, 0.1) is 12.3 Å². The van der Waals surface area contributed by atoms with Gasteiger partial charge in [-0.25, -0.2) is 5.06 Å². The van der Waals surface area contributed by atoms with E-state index in [-0.39, 0.29) is 11.6 Å². The number of hydrogen-bond donors (Lipinski definition) is 3. The van der Waals surface area contributed by atoms with E-state index in [1.54, 1.807) is 5.06 Å². The molecule has 1 aliphatic rings. The number of carbonyl (C=O) groups excluding carboxylic acids is 1. The van der Waals surface area contributed by atoms with Crippen LogP contribution in [0.1, 0.15) is 33.6 Å². The van der Waals surface area contributed by atoms with E-state index in [2.05, 4.69) is 10.3 Å². The van der Waals surface area contributed by atoms with Crippen LogP contribution in [0.4, 0.5) is 11.4 Å². The second kappa shape index (κ2) is 8.23. The van der Waals surface area contributed by atoms with E-state index in [4.69, 9.17) is 10.6 Å². The molecule has 0 unspecified atom stereocenters. The predicted octanol–water partition coefficient (Wildman–Crippen LogP) is 3.00. The Balaban J connectivity index is 2.20. The number of nitrogens with zero attached hydrogens (tertiary/aromatic N) is 2. The maximum absolute atomic E-state index is 12.6. The first kappa shape index (κ1) is 19.8. The molecule has 7 nitrogen and oxygen atoms in total. The highest BCUT2D eigenvalue weighted by molar-refractivity contribution is 6.02. The molecule has 2 rings (SSSR count). The minimum absolute atomic E-state index is 0.0153. The molecule has 1 fully saturated rings. The van der Waals surface area contributed by atoms with Crippen LogP contribution in [0.15, 0.2) is 41.1 Å². The lowest BCUT2D eigenvalue weighted by Gasteiger charge is -2.34. The Hall–Kier alpha value is -2.54. The summed E-state index contributed by atoms with van der Waals surface area (Å²) in [5.74, 6) is -0.331. The molecule has 0 bridgehead atoms. The summed E-state index contributed by atoms with van der Waals surface area (Å²) in [4.78, 5) is 22.3. The van der Waals surface area contributed by atoms with Crippen LogP contribution in [0.3, 0.4) is 0 Å². The minimum Gasteiger partial charge on any atom is -0.512 e. The van der Waals surface area contributed by atoms with Crippen LogP contribution in [0.5, 0.6) is 0 Å². The predicted molar refractivity (Wildman–Crippen MR) is 104 cm³/mol. The molecule has 0 aliphatic carbocycles. The second-order valence-corrected chi connectivity index (χ2v) is 7.27. The van der Waals surface area contributed by atoms with Gasteiger partial charge in [0.25, 0.3) is 5.91 Å². The van der Waals surface area contributed by atoms with Gasteiger partial charge < -0.3 is 16.2 Å². The fourth-order valence-electron chi connectivity index (χ4n) is 2.49. The van der Waals surface area contributed by atoms with Gasteiger partial charge in [0, 0.05) is 24.2 Å². The summed E-state index contributed by atoms with van der Waals surface area (Å²) in [5.41, 5.74) is 7.12. The van der Waals surface area contributed by atoms with Crippen molar-refractivity contribution in [2.24, 2.45) is 16.1 Å². The number of hydrogen-bond acceptors (Lipinski definition) is 5. The Morgan fingerprint density at radius 3 is 2.62 bits per heavy atom. The largest absolute Gasteiger partial charge is 0.512 e. The van der Waals surface area contributed by atoms with Crippen molar-refractivity contribution < 1.29 is 14.7 Å². The number of rotatable bonds is 4. The minimum atomic E-state index is -0.548. The van der Waals surface area contributed by atoms with E-state index < -0.39 is 17.4 Å². The van der Waals surface area contributed by atoms with Crippen LogP contribution in [0, 0.1) is 5.41 Å². The standard InChI is InChI=1S/C19H28N4O3/c1-19(2,3)16(24)12-17(20)22-18(25)15-6-5-11-26-23(15)14-9-7-13(21-4)8-10-14/h7-10,12,15,21,24H,5-6,11H2,1-4H3,(H2,20,22,25)/b16-12-/t15-/m0/s1. The van der Waals surface area contributed by atoms with Crippen LogP contribution in [0.2, 0.25) is 0 Å². The summed E-state index contributed by atoms with van der Waals surface area (Å²) in [7, 11) is 1.84. The highest BCUT2D eigenvalue weighted by atomic mass is 16.7. The maximum Gasteiger partial charge on any atom is 0.272 e. The lowest BCUT2D eigenvalue weighted by molar-refractivity contribution is -0.122. The Kier molecular flexibility index (Phi) is 6.26. The average Bonchev–Trinajstić information content (AvgIpc) is 2.60. The van der Waals surface area contributed by atoms with Crippen molar-refractivity contribution in [3.05, 3.63) is 36.1 Å². The van der Waals surface area contributed by atoms with Crippen molar-refractivity contribution >= 4 is 23.1 Å². The van der Waals surface area contributed by atoms with Crippen LogP contribution in [-0.4, -0.2) is 36.5 Å². The van der Waals surface area contributed by atoms with Gasteiger partial charge in [-0.15, -0.1) is 0 Å². The third-order valence-electron chi connectivity index (χ3n) is 4.12. The first-order valence-electron chi connectivity index (χ1n) is 8.71. The lowest BCUT2D eigenvalue weighted by atomic mass is 9.93. The number of aliphatic imine (C=N–C) groups is 1. The third-order valence-corrected chi connectivity index (χ3v) is 4.12. The van der Waals surface area contributed by atoms with Crippen molar-refractivity contribution in [1.29, 1.82) is 0 Å². The van der Waals surface area contributed by atoms with Crippen molar-refractivity contribution in [2.45, 2.75) is 39.7 Å². The van der Waals surface area contributed by atoms with Gasteiger partial charge in [-0.3, -0.25) is 9.63 Å². The van der Waals surface area contributed by atoms with Crippen molar-refractivity contribution in [3.63, 3.8) is 0 Å². The summed E-state index contributed by atoms with van der Waals surface area (Å²) in [6, 6.07) is 7.05. The van der Waals surface area contributed by atoms with Crippen molar-refractivity contribution in [3.8, 4) is 0 Å². The summed E-state index contributed by atoms with van der Waals surface area (Å²) in [6.45, 7) is 6.08. The number of aliphatic hydroxyl groups excluding tert-OH is 1. The number of nitrogens with two attached hydrogens (primary N) is 1. The normalized spacial score (nSPS) is 19.4. The molecule has 1 saturated heterocycles. The smallest absolute Gasteiger partial charge is 0.272 e. The fraction of sp³-hybridized carbons (Fsp3) is 0.474.